The molecule has 1 aromatic heterocycles. The lowest BCUT2D eigenvalue weighted by atomic mass is 9.90. The van der Waals surface area contributed by atoms with Gasteiger partial charge in [-0.1, -0.05) is 6.92 Å². The fourth-order valence-electron chi connectivity index (χ4n) is 3.52. The van der Waals surface area contributed by atoms with Gasteiger partial charge in [0.15, 0.2) is 0 Å². The van der Waals surface area contributed by atoms with Crippen LogP contribution in [0.5, 0.6) is 0 Å². The van der Waals surface area contributed by atoms with E-state index in [4.69, 9.17) is 9.47 Å². The summed E-state index contributed by atoms with van der Waals surface area (Å²) in [7, 11) is 1.37. The summed E-state index contributed by atoms with van der Waals surface area (Å²) >= 11 is 0. The van der Waals surface area contributed by atoms with Crippen LogP contribution in [0.2, 0.25) is 0 Å². The first kappa shape index (κ1) is 20.3. The van der Waals surface area contributed by atoms with Crippen molar-refractivity contribution < 1.29 is 19.1 Å². The average Bonchev–Trinajstić information content (AvgIpc) is 3.17. The zero-order valence-electron chi connectivity index (χ0n) is 16.8. The first-order valence-corrected chi connectivity index (χ1v) is 9.31. The van der Waals surface area contributed by atoms with Crippen molar-refractivity contribution in [1.82, 2.24) is 14.7 Å². The minimum absolute atomic E-state index is 0.375. The molecule has 7 heteroatoms. The van der Waals surface area contributed by atoms with Crippen LogP contribution in [0.25, 0.3) is 0 Å². The minimum Gasteiger partial charge on any atom is -0.467 e. The molecule has 2 rings (SSSR count). The maximum atomic E-state index is 12.8. The number of carbonyl (C=O) groups is 2. The second-order valence-electron chi connectivity index (χ2n) is 7.73. The zero-order chi connectivity index (χ0) is 19.5. The molecule has 0 aromatic carbocycles. The largest absolute Gasteiger partial charge is 0.467 e. The molecule has 2 heterocycles. The first-order chi connectivity index (χ1) is 12.2. The lowest BCUT2D eigenvalue weighted by Crippen LogP contribution is -2.56. The molecule has 1 aliphatic heterocycles. The molecule has 1 saturated heterocycles. The van der Waals surface area contributed by atoms with E-state index in [1.807, 2.05) is 45.4 Å². The van der Waals surface area contributed by atoms with Gasteiger partial charge in [-0.3, -0.25) is 9.58 Å². The first-order valence-electron chi connectivity index (χ1n) is 9.31. The number of rotatable bonds is 5. The average molecular weight is 365 g/mol. The van der Waals surface area contributed by atoms with Crippen LogP contribution in [0, 0.1) is 0 Å². The lowest BCUT2D eigenvalue weighted by Gasteiger charge is -2.36. The van der Waals surface area contributed by atoms with Gasteiger partial charge in [0.2, 0.25) is 0 Å². The third-order valence-electron chi connectivity index (χ3n) is 4.72. The highest BCUT2D eigenvalue weighted by atomic mass is 16.6. The molecule has 1 aliphatic rings. The maximum Gasteiger partial charge on any atom is 0.411 e. The molecule has 0 aliphatic carbocycles. The number of hydrogen-bond donors (Lipinski definition) is 0. The number of ether oxygens (including phenoxy) is 2. The van der Waals surface area contributed by atoms with Crippen molar-refractivity contribution in [3.8, 4) is 0 Å². The number of likely N-dealkylation sites (tertiary alicyclic amines) is 1. The van der Waals surface area contributed by atoms with Gasteiger partial charge in [0.25, 0.3) is 0 Å². The highest BCUT2D eigenvalue weighted by Gasteiger charge is 2.52. The van der Waals surface area contributed by atoms with E-state index in [-0.39, 0.29) is 0 Å². The van der Waals surface area contributed by atoms with E-state index in [1.54, 1.807) is 4.90 Å². The van der Waals surface area contributed by atoms with Gasteiger partial charge < -0.3 is 9.47 Å². The van der Waals surface area contributed by atoms with Crippen LogP contribution in [-0.2, 0) is 33.7 Å². The highest BCUT2D eigenvalue weighted by Crippen LogP contribution is 2.35. The van der Waals surface area contributed by atoms with Gasteiger partial charge in [-0.05, 0) is 53.0 Å². The summed E-state index contributed by atoms with van der Waals surface area (Å²) in [6.07, 6.45) is 2.00. The Bertz CT molecular complexity index is 662. The molecular weight excluding hydrogens is 334 g/mol. The molecule has 26 heavy (non-hydrogen) atoms. The number of carbonyl (C=O) groups excluding carboxylic acids is 2. The fourth-order valence-corrected chi connectivity index (χ4v) is 3.52. The molecule has 0 spiro atoms. The van der Waals surface area contributed by atoms with Crippen molar-refractivity contribution in [2.45, 2.75) is 78.0 Å². The summed E-state index contributed by atoms with van der Waals surface area (Å²) in [6.45, 7) is 10.7. The van der Waals surface area contributed by atoms with Crippen molar-refractivity contribution in [1.29, 1.82) is 0 Å². The van der Waals surface area contributed by atoms with Crippen LogP contribution >= 0.6 is 0 Å². The second-order valence-corrected chi connectivity index (χ2v) is 7.73. The number of hydrogen-bond acceptors (Lipinski definition) is 5. The summed E-state index contributed by atoms with van der Waals surface area (Å²) in [5.74, 6) is -0.400. The molecule has 1 atom stereocenters. The molecule has 146 valence electrons. The van der Waals surface area contributed by atoms with Crippen molar-refractivity contribution in [2.24, 2.45) is 0 Å². The maximum absolute atomic E-state index is 12.8. The van der Waals surface area contributed by atoms with Crippen molar-refractivity contribution in [2.75, 3.05) is 13.7 Å². The standard InChI is InChI=1S/C19H31N3O4/c1-7-14-12-15(22(8-2)20-14)13-19(16(23)25-6)10-9-11-21(19)17(24)26-18(3,4)5/h12H,7-11,13H2,1-6H3. The highest BCUT2D eigenvalue weighted by molar-refractivity contribution is 5.87. The van der Waals surface area contributed by atoms with Gasteiger partial charge in [-0.15, -0.1) is 0 Å². The molecular formula is C19H31N3O4. The fraction of sp³-hybridized carbons (Fsp3) is 0.737. The van der Waals surface area contributed by atoms with Crippen LogP contribution in [0.4, 0.5) is 4.79 Å². The van der Waals surface area contributed by atoms with E-state index in [9.17, 15) is 9.59 Å². The van der Waals surface area contributed by atoms with Crippen molar-refractivity contribution >= 4 is 12.1 Å². The van der Waals surface area contributed by atoms with E-state index in [0.29, 0.717) is 25.9 Å². The monoisotopic (exact) mass is 365 g/mol. The Balaban J connectivity index is 2.40. The van der Waals surface area contributed by atoms with E-state index < -0.39 is 23.2 Å². The van der Waals surface area contributed by atoms with Crippen LogP contribution in [-0.4, -0.2) is 51.5 Å². The molecule has 0 radical (unpaired) electrons. The van der Waals surface area contributed by atoms with E-state index in [0.717, 1.165) is 24.2 Å². The van der Waals surface area contributed by atoms with Crippen LogP contribution < -0.4 is 0 Å². The normalized spacial score (nSPS) is 20.3. The Hall–Kier alpha value is -2.05. The minimum atomic E-state index is -1.05. The van der Waals surface area contributed by atoms with Gasteiger partial charge in [0.05, 0.1) is 12.8 Å². The summed E-state index contributed by atoms with van der Waals surface area (Å²) in [5, 5.41) is 4.56. The molecule has 1 amide bonds. The van der Waals surface area contributed by atoms with Gasteiger partial charge in [-0.25, -0.2) is 9.59 Å². The number of amides is 1. The molecule has 7 nitrogen and oxygen atoms in total. The van der Waals surface area contributed by atoms with Gasteiger partial charge in [0, 0.05) is 25.2 Å². The van der Waals surface area contributed by atoms with Crippen molar-refractivity contribution in [3.05, 3.63) is 17.5 Å². The molecule has 1 fully saturated rings. The molecule has 1 aromatic rings. The van der Waals surface area contributed by atoms with Crippen LogP contribution in [0.3, 0.4) is 0 Å². The van der Waals surface area contributed by atoms with E-state index in [2.05, 4.69) is 5.10 Å². The van der Waals surface area contributed by atoms with Gasteiger partial charge >= 0.3 is 12.1 Å². The zero-order valence-corrected chi connectivity index (χ0v) is 16.8. The molecule has 1 unspecified atom stereocenters. The Morgan fingerprint density at radius 2 is 2.00 bits per heavy atom. The third-order valence-corrected chi connectivity index (χ3v) is 4.72. The third kappa shape index (κ3) is 4.02. The Morgan fingerprint density at radius 1 is 1.31 bits per heavy atom. The number of esters is 1. The molecule has 0 N–H and O–H groups in total. The SMILES string of the molecule is CCc1cc(CC2(C(=O)OC)CCCN2C(=O)OC(C)(C)C)n(CC)n1. The van der Waals surface area contributed by atoms with E-state index >= 15 is 0 Å². The van der Waals surface area contributed by atoms with Crippen LogP contribution in [0.15, 0.2) is 6.07 Å². The van der Waals surface area contributed by atoms with Crippen molar-refractivity contribution in [3.63, 3.8) is 0 Å². The number of methoxy groups -OCH3 is 1. The Morgan fingerprint density at radius 3 is 2.54 bits per heavy atom. The predicted molar refractivity (Wildman–Crippen MR) is 97.9 cm³/mol. The molecule has 0 saturated carbocycles. The second kappa shape index (κ2) is 7.68. The summed E-state index contributed by atoms with van der Waals surface area (Å²) in [4.78, 5) is 27.1. The van der Waals surface area contributed by atoms with Crippen LogP contribution in [0.1, 0.15) is 58.8 Å². The molecule has 0 bridgehead atoms. The number of aromatic nitrogens is 2. The Labute approximate surface area is 155 Å². The Kier molecular flexibility index (Phi) is 5.98. The topological polar surface area (TPSA) is 73.7 Å². The van der Waals surface area contributed by atoms with E-state index in [1.165, 1.54) is 7.11 Å². The summed E-state index contributed by atoms with van der Waals surface area (Å²) in [6, 6.07) is 2.01. The summed E-state index contributed by atoms with van der Waals surface area (Å²) in [5.41, 5.74) is 0.242. The number of nitrogens with zero attached hydrogens (tertiary/aromatic N) is 3. The van der Waals surface area contributed by atoms with Gasteiger partial charge in [-0.2, -0.15) is 5.10 Å². The number of aryl methyl sites for hydroxylation is 2. The quantitative estimate of drug-likeness (QED) is 0.750. The summed E-state index contributed by atoms with van der Waals surface area (Å²) < 4.78 is 12.6. The lowest BCUT2D eigenvalue weighted by molar-refractivity contribution is -0.153. The smallest absolute Gasteiger partial charge is 0.411 e. The predicted octanol–water partition coefficient (Wildman–Crippen LogP) is 2.95. The van der Waals surface area contributed by atoms with Gasteiger partial charge in [0.1, 0.15) is 11.1 Å².